The van der Waals surface area contributed by atoms with Crippen LogP contribution in [-0.4, -0.2) is 19.2 Å². The van der Waals surface area contributed by atoms with Gasteiger partial charge in [-0.15, -0.1) is 0 Å². The fourth-order valence-corrected chi connectivity index (χ4v) is 2.55. The summed E-state index contributed by atoms with van der Waals surface area (Å²) in [5.41, 5.74) is 1.29. The highest BCUT2D eigenvalue weighted by molar-refractivity contribution is 5.91. The molecule has 3 aromatic rings. The average molecular weight is 330 g/mol. The first-order chi connectivity index (χ1) is 11.6. The minimum atomic E-state index is -0.561. The van der Waals surface area contributed by atoms with Crippen molar-refractivity contribution < 1.29 is 18.3 Å². The molecule has 1 aromatic heterocycles. The van der Waals surface area contributed by atoms with Gasteiger partial charge in [0.1, 0.15) is 28.7 Å². The second-order valence-corrected chi connectivity index (χ2v) is 5.14. The number of benzene rings is 2. The molecule has 24 heavy (non-hydrogen) atoms. The first-order valence-electron chi connectivity index (χ1n) is 7.31. The Hall–Kier alpha value is -2.89. The smallest absolute Gasteiger partial charge is 0.149 e. The zero-order chi connectivity index (χ0) is 17.1. The minimum absolute atomic E-state index is 0.00222. The Morgan fingerprint density at radius 1 is 1.00 bits per heavy atom. The van der Waals surface area contributed by atoms with Crippen molar-refractivity contribution in [3.63, 3.8) is 0 Å². The third-order valence-corrected chi connectivity index (χ3v) is 3.75. The number of pyridine rings is 1. The first kappa shape index (κ1) is 16.0. The number of rotatable bonds is 5. The van der Waals surface area contributed by atoms with Crippen LogP contribution >= 0.6 is 0 Å². The molecule has 0 atom stereocenters. The van der Waals surface area contributed by atoms with Gasteiger partial charge in [0.2, 0.25) is 0 Å². The monoisotopic (exact) mass is 330 g/mol. The van der Waals surface area contributed by atoms with Gasteiger partial charge in [0, 0.05) is 24.0 Å². The highest BCUT2D eigenvalue weighted by Crippen LogP contribution is 2.29. The van der Waals surface area contributed by atoms with Crippen molar-refractivity contribution in [1.29, 1.82) is 0 Å². The van der Waals surface area contributed by atoms with E-state index in [-0.39, 0.29) is 10.9 Å². The lowest BCUT2D eigenvalue weighted by Crippen LogP contribution is -2.04. The van der Waals surface area contributed by atoms with E-state index < -0.39 is 11.6 Å². The fourth-order valence-electron chi connectivity index (χ4n) is 2.55. The molecule has 0 aliphatic carbocycles. The Bertz CT molecular complexity index is 884. The lowest BCUT2D eigenvalue weighted by molar-refractivity contribution is 0.399. The first-order valence-corrected chi connectivity index (χ1v) is 7.31. The molecule has 1 heterocycles. The van der Waals surface area contributed by atoms with Gasteiger partial charge in [-0.3, -0.25) is 4.98 Å². The SMILES string of the molecule is COc1ccc(OC)c(CNc2ccnc3c(F)ccc(F)c23)c1. The summed E-state index contributed by atoms with van der Waals surface area (Å²) >= 11 is 0. The maximum Gasteiger partial charge on any atom is 0.149 e. The van der Waals surface area contributed by atoms with Gasteiger partial charge in [-0.1, -0.05) is 0 Å². The molecule has 4 nitrogen and oxygen atoms in total. The van der Waals surface area contributed by atoms with Crippen LogP contribution in [0.3, 0.4) is 0 Å². The summed E-state index contributed by atoms with van der Waals surface area (Å²) in [6.07, 6.45) is 1.44. The van der Waals surface area contributed by atoms with Crippen LogP contribution < -0.4 is 14.8 Å². The average Bonchev–Trinajstić information content (AvgIpc) is 2.62. The molecular formula is C18H16F2N2O2. The number of fused-ring (bicyclic) bond motifs is 1. The third kappa shape index (κ3) is 2.95. The van der Waals surface area contributed by atoms with Crippen molar-refractivity contribution in [3.8, 4) is 11.5 Å². The van der Waals surface area contributed by atoms with E-state index in [0.717, 1.165) is 17.7 Å². The molecule has 1 N–H and O–H groups in total. The second-order valence-electron chi connectivity index (χ2n) is 5.14. The molecule has 0 unspecified atom stereocenters. The van der Waals surface area contributed by atoms with Gasteiger partial charge in [0.05, 0.1) is 19.6 Å². The van der Waals surface area contributed by atoms with Crippen LogP contribution in [0.2, 0.25) is 0 Å². The number of anilines is 1. The van der Waals surface area contributed by atoms with Gasteiger partial charge in [-0.05, 0) is 36.4 Å². The number of nitrogens with zero attached hydrogens (tertiary/aromatic N) is 1. The quantitative estimate of drug-likeness (QED) is 0.763. The number of methoxy groups -OCH3 is 2. The Kier molecular flexibility index (Phi) is 4.46. The molecular weight excluding hydrogens is 314 g/mol. The van der Waals surface area contributed by atoms with Crippen LogP contribution in [0.25, 0.3) is 10.9 Å². The minimum Gasteiger partial charge on any atom is -0.497 e. The summed E-state index contributed by atoms with van der Waals surface area (Å²) in [5.74, 6) is 0.270. The van der Waals surface area contributed by atoms with E-state index in [9.17, 15) is 8.78 Å². The molecule has 0 saturated carbocycles. The van der Waals surface area contributed by atoms with Crippen molar-refractivity contribution in [1.82, 2.24) is 4.98 Å². The summed E-state index contributed by atoms with van der Waals surface area (Å²) in [7, 11) is 3.15. The van der Waals surface area contributed by atoms with E-state index >= 15 is 0 Å². The normalized spacial score (nSPS) is 10.7. The van der Waals surface area contributed by atoms with Crippen molar-refractivity contribution in [2.45, 2.75) is 6.54 Å². The highest BCUT2D eigenvalue weighted by atomic mass is 19.1. The predicted octanol–water partition coefficient (Wildman–Crippen LogP) is 4.14. The van der Waals surface area contributed by atoms with Gasteiger partial charge >= 0.3 is 0 Å². The number of ether oxygens (including phenoxy) is 2. The van der Waals surface area contributed by atoms with Crippen LogP contribution in [0.1, 0.15) is 5.56 Å². The summed E-state index contributed by atoms with van der Waals surface area (Å²) in [4.78, 5) is 3.92. The molecule has 124 valence electrons. The van der Waals surface area contributed by atoms with Crippen LogP contribution in [-0.2, 0) is 6.54 Å². The van der Waals surface area contributed by atoms with Crippen LogP contribution in [0.15, 0.2) is 42.6 Å². The maximum absolute atomic E-state index is 14.1. The molecule has 3 rings (SSSR count). The van der Waals surface area contributed by atoms with E-state index in [2.05, 4.69) is 10.3 Å². The Balaban J connectivity index is 1.96. The standard InChI is InChI=1S/C18H16F2N2O2/c1-23-12-3-6-16(24-2)11(9-12)10-22-15-7-8-21-18-14(20)5-4-13(19)17(15)18/h3-9H,10H2,1-2H3,(H,21,22). The predicted molar refractivity (Wildman–Crippen MR) is 88.5 cm³/mol. The molecule has 0 spiro atoms. The number of nitrogens with one attached hydrogen (secondary N) is 1. The molecule has 0 fully saturated rings. The molecule has 2 aromatic carbocycles. The lowest BCUT2D eigenvalue weighted by Gasteiger charge is -2.14. The van der Waals surface area contributed by atoms with E-state index in [1.165, 1.54) is 6.20 Å². The lowest BCUT2D eigenvalue weighted by atomic mass is 10.1. The van der Waals surface area contributed by atoms with Crippen molar-refractivity contribution in [3.05, 3.63) is 59.8 Å². The van der Waals surface area contributed by atoms with Crippen molar-refractivity contribution in [2.24, 2.45) is 0 Å². The topological polar surface area (TPSA) is 43.4 Å². The van der Waals surface area contributed by atoms with Crippen LogP contribution in [0.5, 0.6) is 11.5 Å². The highest BCUT2D eigenvalue weighted by Gasteiger charge is 2.12. The van der Waals surface area contributed by atoms with E-state index in [1.54, 1.807) is 32.4 Å². The molecule has 6 heteroatoms. The largest absolute Gasteiger partial charge is 0.497 e. The summed E-state index contributed by atoms with van der Waals surface area (Å²) in [5, 5.41) is 3.24. The van der Waals surface area contributed by atoms with Gasteiger partial charge in [-0.25, -0.2) is 8.78 Å². The number of aromatic nitrogens is 1. The molecule has 0 aliphatic heterocycles. The number of hydrogen-bond acceptors (Lipinski definition) is 4. The van der Waals surface area contributed by atoms with Crippen LogP contribution in [0, 0.1) is 11.6 Å². The maximum atomic E-state index is 14.1. The van der Waals surface area contributed by atoms with Gasteiger partial charge < -0.3 is 14.8 Å². The van der Waals surface area contributed by atoms with Crippen molar-refractivity contribution in [2.75, 3.05) is 19.5 Å². The molecule has 0 bridgehead atoms. The third-order valence-electron chi connectivity index (χ3n) is 3.75. The van der Waals surface area contributed by atoms with Gasteiger partial charge in [0.15, 0.2) is 0 Å². The zero-order valence-corrected chi connectivity index (χ0v) is 13.3. The number of hydrogen-bond donors (Lipinski definition) is 1. The zero-order valence-electron chi connectivity index (χ0n) is 13.3. The Morgan fingerprint density at radius 2 is 1.79 bits per heavy atom. The summed E-state index contributed by atoms with van der Waals surface area (Å²) in [6.45, 7) is 0.357. The molecule has 0 aliphatic rings. The van der Waals surface area contributed by atoms with Gasteiger partial charge in [0.25, 0.3) is 0 Å². The molecule has 0 saturated heterocycles. The summed E-state index contributed by atoms with van der Waals surface area (Å²) < 4.78 is 38.5. The van der Waals surface area contributed by atoms with E-state index in [0.29, 0.717) is 23.7 Å². The number of halogens is 2. The fraction of sp³-hybridized carbons (Fsp3) is 0.167. The van der Waals surface area contributed by atoms with Crippen molar-refractivity contribution >= 4 is 16.6 Å². The molecule has 0 radical (unpaired) electrons. The Labute approximate surface area is 138 Å². The second kappa shape index (κ2) is 6.70. The molecule has 0 amide bonds. The summed E-state index contributed by atoms with van der Waals surface area (Å²) in [6, 6.07) is 9.18. The van der Waals surface area contributed by atoms with E-state index in [1.807, 2.05) is 6.07 Å². The van der Waals surface area contributed by atoms with E-state index in [4.69, 9.17) is 9.47 Å². The van der Waals surface area contributed by atoms with Crippen LogP contribution in [0.4, 0.5) is 14.5 Å². The van der Waals surface area contributed by atoms with Gasteiger partial charge in [-0.2, -0.15) is 0 Å². The Morgan fingerprint density at radius 3 is 2.54 bits per heavy atom.